The van der Waals surface area contributed by atoms with Gasteiger partial charge in [0.05, 0.1) is 0 Å². The second kappa shape index (κ2) is 6.82. The lowest BCUT2D eigenvalue weighted by atomic mass is 9.86. The SMILES string of the molecule is O=C(COC(=O)C[C@@H]1C[C@@H]2CC[C@@H]1C2)Nc1cccc(Br)c1. The molecule has 0 spiro atoms. The third-order valence-electron chi connectivity index (χ3n) is 4.79. The van der Waals surface area contributed by atoms with Crippen LogP contribution in [0.25, 0.3) is 0 Å². The molecule has 0 aromatic heterocycles. The summed E-state index contributed by atoms with van der Waals surface area (Å²) in [5.74, 6) is 1.44. The number of rotatable bonds is 5. The van der Waals surface area contributed by atoms with Crippen molar-refractivity contribution < 1.29 is 14.3 Å². The second-order valence-electron chi connectivity index (χ2n) is 6.36. The van der Waals surface area contributed by atoms with Crippen LogP contribution in [0.4, 0.5) is 5.69 Å². The molecule has 2 aliphatic rings. The first-order valence-electron chi connectivity index (χ1n) is 7.81. The molecule has 1 amide bonds. The molecule has 0 radical (unpaired) electrons. The summed E-state index contributed by atoms with van der Waals surface area (Å²) in [5, 5.41) is 2.71. The van der Waals surface area contributed by atoms with Crippen LogP contribution in [0.1, 0.15) is 32.1 Å². The molecule has 2 bridgehead atoms. The summed E-state index contributed by atoms with van der Waals surface area (Å²) in [6, 6.07) is 7.31. The van der Waals surface area contributed by atoms with Crippen molar-refractivity contribution in [2.24, 2.45) is 17.8 Å². The summed E-state index contributed by atoms with van der Waals surface area (Å²) in [7, 11) is 0. The Morgan fingerprint density at radius 3 is 2.82 bits per heavy atom. The predicted octanol–water partition coefficient (Wildman–Crippen LogP) is 3.76. The molecule has 2 aliphatic carbocycles. The molecule has 2 fully saturated rings. The van der Waals surface area contributed by atoms with Crippen LogP contribution >= 0.6 is 15.9 Å². The summed E-state index contributed by atoms with van der Waals surface area (Å²) < 4.78 is 6.00. The van der Waals surface area contributed by atoms with Crippen LogP contribution < -0.4 is 5.32 Å². The third kappa shape index (κ3) is 3.88. The predicted molar refractivity (Wildman–Crippen MR) is 87.3 cm³/mol. The van der Waals surface area contributed by atoms with E-state index in [0.717, 1.165) is 16.8 Å². The number of esters is 1. The Kier molecular flexibility index (Phi) is 4.81. The second-order valence-corrected chi connectivity index (χ2v) is 7.27. The van der Waals surface area contributed by atoms with Gasteiger partial charge in [0.1, 0.15) is 0 Å². The van der Waals surface area contributed by atoms with Gasteiger partial charge in [-0.1, -0.05) is 28.4 Å². The van der Waals surface area contributed by atoms with Gasteiger partial charge in [0.2, 0.25) is 0 Å². The number of hydrogen-bond acceptors (Lipinski definition) is 3. The molecule has 0 saturated heterocycles. The molecule has 5 heteroatoms. The number of ether oxygens (including phenoxy) is 1. The summed E-state index contributed by atoms with van der Waals surface area (Å²) >= 11 is 3.34. The molecule has 0 aliphatic heterocycles. The molecule has 0 heterocycles. The van der Waals surface area contributed by atoms with Crippen molar-refractivity contribution in [1.82, 2.24) is 0 Å². The first kappa shape index (κ1) is 15.5. The average Bonchev–Trinajstić information content (AvgIpc) is 3.08. The highest BCUT2D eigenvalue weighted by atomic mass is 79.9. The van der Waals surface area contributed by atoms with E-state index >= 15 is 0 Å². The third-order valence-corrected chi connectivity index (χ3v) is 5.28. The maximum Gasteiger partial charge on any atom is 0.306 e. The fourth-order valence-corrected chi connectivity index (χ4v) is 4.21. The van der Waals surface area contributed by atoms with E-state index in [1.807, 2.05) is 12.1 Å². The Balaban J connectivity index is 1.40. The lowest BCUT2D eigenvalue weighted by molar-refractivity contribution is -0.148. The van der Waals surface area contributed by atoms with Crippen molar-refractivity contribution >= 4 is 33.5 Å². The molecule has 4 nitrogen and oxygen atoms in total. The lowest BCUT2D eigenvalue weighted by Crippen LogP contribution is -2.23. The van der Waals surface area contributed by atoms with E-state index in [4.69, 9.17) is 4.74 Å². The number of nitrogens with one attached hydrogen (secondary N) is 1. The number of carbonyl (C=O) groups is 2. The van der Waals surface area contributed by atoms with Crippen molar-refractivity contribution in [3.05, 3.63) is 28.7 Å². The van der Waals surface area contributed by atoms with Crippen molar-refractivity contribution in [1.29, 1.82) is 0 Å². The lowest BCUT2D eigenvalue weighted by Gasteiger charge is -2.20. The van der Waals surface area contributed by atoms with E-state index in [1.54, 1.807) is 12.1 Å². The van der Waals surface area contributed by atoms with Gasteiger partial charge in [-0.2, -0.15) is 0 Å². The Bertz CT molecular complexity index is 575. The minimum atomic E-state index is -0.306. The number of anilines is 1. The zero-order valence-corrected chi connectivity index (χ0v) is 14.0. The number of benzene rings is 1. The number of hydrogen-bond donors (Lipinski definition) is 1. The van der Waals surface area contributed by atoms with Crippen LogP contribution in [0.5, 0.6) is 0 Å². The van der Waals surface area contributed by atoms with Crippen LogP contribution in [0.15, 0.2) is 28.7 Å². The molecule has 118 valence electrons. The van der Waals surface area contributed by atoms with Gasteiger partial charge in [-0.25, -0.2) is 0 Å². The molecule has 1 aromatic rings. The molecular formula is C17H20BrNO3. The highest BCUT2D eigenvalue weighted by Gasteiger charge is 2.40. The van der Waals surface area contributed by atoms with Gasteiger partial charge < -0.3 is 10.1 Å². The zero-order valence-electron chi connectivity index (χ0n) is 12.4. The molecule has 2 saturated carbocycles. The average molecular weight is 366 g/mol. The normalized spacial score (nSPS) is 26.0. The molecular weight excluding hydrogens is 346 g/mol. The van der Waals surface area contributed by atoms with Crippen LogP contribution in [0.2, 0.25) is 0 Å². The quantitative estimate of drug-likeness (QED) is 0.808. The topological polar surface area (TPSA) is 55.4 Å². The van der Waals surface area contributed by atoms with Gasteiger partial charge in [-0.3, -0.25) is 9.59 Å². The summed E-state index contributed by atoms with van der Waals surface area (Å²) in [6.45, 7) is -0.216. The zero-order chi connectivity index (χ0) is 15.5. The van der Waals surface area contributed by atoms with E-state index in [9.17, 15) is 9.59 Å². The maximum atomic E-state index is 11.9. The first-order chi connectivity index (χ1) is 10.6. The fraction of sp³-hybridized carbons (Fsp3) is 0.529. The Morgan fingerprint density at radius 1 is 1.27 bits per heavy atom. The first-order valence-corrected chi connectivity index (χ1v) is 8.60. The highest BCUT2D eigenvalue weighted by molar-refractivity contribution is 9.10. The molecule has 0 unspecified atom stereocenters. The smallest absolute Gasteiger partial charge is 0.306 e. The van der Waals surface area contributed by atoms with E-state index in [-0.39, 0.29) is 18.5 Å². The van der Waals surface area contributed by atoms with Crippen LogP contribution in [-0.2, 0) is 14.3 Å². The monoisotopic (exact) mass is 365 g/mol. The minimum Gasteiger partial charge on any atom is -0.456 e. The summed E-state index contributed by atoms with van der Waals surface area (Å²) in [5.41, 5.74) is 0.684. The molecule has 22 heavy (non-hydrogen) atoms. The minimum absolute atomic E-state index is 0.216. The number of fused-ring (bicyclic) bond motifs is 2. The van der Waals surface area contributed by atoms with Crippen LogP contribution in [0, 0.1) is 17.8 Å². The number of amides is 1. The van der Waals surface area contributed by atoms with Gasteiger partial charge in [0.15, 0.2) is 6.61 Å². The van der Waals surface area contributed by atoms with Gasteiger partial charge in [0.25, 0.3) is 5.91 Å². The van der Waals surface area contributed by atoms with E-state index in [2.05, 4.69) is 21.2 Å². The van der Waals surface area contributed by atoms with Gasteiger partial charge in [-0.15, -0.1) is 0 Å². The largest absolute Gasteiger partial charge is 0.456 e. The molecule has 3 atom stereocenters. The highest BCUT2D eigenvalue weighted by Crippen LogP contribution is 2.49. The van der Waals surface area contributed by atoms with Crippen LogP contribution in [0.3, 0.4) is 0 Å². The molecule has 1 N–H and O–H groups in total. The Hall–Kier alpha value is -1.36. The summed E-state index contributed by atoms with van der Waals surface area (Å²) in [6.07, 6.45) is 5.48. The van der Waals surface area contributed by atoms with Crippen LogP contribution in [-0.4, -0.2) is 18.5 Å². The summed E-state index contributed by atoms with van der Waals surface area (Å²) in [4.78, 5) is 23.7. The number of carbonyl (C=O) groups excluding carboxylic acids is 2. The maximum absolute atomic E-state index is 11.9. The fourth-order valence-electron chi connectivity index (χ4n) is 3.81. The van der Waals surface area contributed by atoms with Gasteiger partial charge >= 0.3 is 5.97 Å². The molecule has 3 rings (SSSR count). The number of halogens is 1. The van der Waals surface area contributed by atoms with Gasteiger partial charge in [-0.05, 0) is 55.2 Å². The van der Waals surface area contributed by atoms with Gasteiger partial charge in [0, 0.05) is 16.6 Å². The van der Waals surface area contributed by atoms with Crippen molar-refractivity contribution in [3.8, 4) is 0 Å². The van der Waals surface area contributed by atoms with Crippen molar-refractivity contribution in [2.45, 2.75) is 32.1 Å². The Labute approximate surface area is 138 Å². The van der Waals surface area contributed by atoms with E-state index in [0.29, 0.717) is 23.9 Å². The molecule has 1 aromatic carbocycles. The standard InChI is InChI=1S/C17H20BrNO3/c18-14-2-1-3-15(9-14)19-16(20)10-22-17(21)8-13-7-11-4-5-12(13)6-11/h1-3,9,11-13H,4-8,10H2,(H,19,20)/t11-,12-,13+/m1/s1. The Morgan fingerprint density at radius 2 is 2.14 bits per heavy atom. The van der Waals surface area contributed by atoms with E-state index in [1.165, 1.54) is 19.3 Å². The van der Waals surface area contributed by atoms with Crippen molar-refractivity contribution in [2.75, 3.05) is 11.9 Å². The van der Waals surface area contributed by atoms with E-state index < -0.39 is 0 Å². The van der Waals surface area contributed by atoms with Crippen molar-refractivity contribution in [3.63, 3.8) is 0 Å².